The van der Waals surface area contributed by atoms with Crippen molar-refractivity contribution in [3.63, 3.8) is 0 Å². The Kier molecular flexibility index (Phi) is 5.75. The second-order valence-electron chi connectivity index (χ2n) is 8.52. The minimum absolute atomic E-state index is 0.0905. The normalized spacial score (nSPS) is 15.2. The molecule has 0 spiro atoms. The molecule has 33 heavy (non-hydrogen) atoms. The maximum atomic E-state index is 13.6. The molecule has 10 heteroatoms. The number of anilines is 2. The predicted octanol–water partition coefficient (Wildman–Crippen LogP) is 2.87. The number of halogens is 1. The van der Waals surface area contributed by atoms with Gasteiger partial charge in [-0.1, -0.05) is 0 Å². The van der Waals surface area contributed by atoms with E-state index in [2.05, 4.69) is 5.32 Å². The summed E-state index contributed by atoms with van der Waals surface area (Å²) in [5, 5.41) is 3.35. The van der Waals surface area contributed by atoms with Gasteiger partial charge in [0.1, 0.15) is 23.2 Å². The first-order chi connectivity index (χ1) is 15.5. The summed E-state index contributed by atoms with van der Waals surface area (Å²) in [7, 11) is -3.31. The lowest BCUT2D eigenvalue weighted by atomic mass is 9.99. The fraction of sp³-hybridized carbons (Fsp3) is 0.304. The number of fused-ring (bicyclic) bond motifs is 1. The maximum absolute atomic E-state index is 13.6. The average molecular weight is 472 g/mol. The summed E-state index contributed by atoms with van der Waals surface area (Å²) in [5.41, 5.74) is 6.89. The van der Waals surface area contributed by atoms with Crippen molar-refractivity contribution in [2.75, 3.05) is 24.7 Å². The summed E-state index contributed by atoms with van der Waals surface area (Å²) in [6.45, 7) is 4.68. The van der Waals surface area contributed by atoms with Gasteiger partial charge in [0.25, 0.3) is 0 Å². The molecule has 2 heterocycles. The zero-order valence-corrected chi connectivity index (χ0v) is 19.5. The number of sulfone groups is 1. The summed E-state index contributed by atoms with van der Waals surface area (Å²) in [4.78, 5) is 19.3. The van der Waals surface area contributed by atoms with E-state index < -0.39 is 15.4 Å². The molecule has 0 atom stereocenters. The Balaban J connectivity index is 1.83. The van der Waals surface area contributed by atoms with E-state index in [1.165, 1.54) is 24.3 Å². The third kappa shape index (κ3) is 4.23. The molecule has 8 nitrogen and oxygen atoms in total. The molecule has 3 aromatic rings. The Morgan fingerprint density at radius 2 is 1.76 bits per heavy atom. The van der Waals surface area contributed by atoms with Crippen LogP contribution >= 0.6 is 0 Å². The van der Waals surface area contributed by atoms with Crippen LogP contribution in [0.2, 0.25) is 0 Å². The van der Waals surface area contributed by atoms with Crippen molar-refractivity contribution >= 4 is 27.2 Å². The van der Waals surface area contributed by atoms with E-state index in [0.29, 0.717) is 41.7 Å². The Labute approximate surface area is 192 Å². The largest absolute Gasteiger partial charge is 0.340 e. The maximum Gasteiger partial charge on any atom is 0.237 e. The van der Waals surface area contributed by atoms with Crippen LogP contribution in [0.5, 0.6) is 0 Å². The molecule has 0 saturated heterocycles. The van der Waals surface area contributed by atoms with Gasteiger partial charge in [-0.15, -0.1) is 0 Å². The van der Waals surface area contributed by atoms with E-state index in [-0.39, 0.29) is 23.2 Å². The molecule has 1 amide bonds. The van der Waals surface area contributed by atoms with Gasteiger partial charge in [-0.3, -0.25) is 4.79 Å². The first-order valence-corrected chi connectivity index (χ1v) is 12.4. The second-order valence-corrected chi connectivity index (χ2v) is 10.5. The van der Waals surface area contributed by atoms with Crippen LogP contribution < -0.4 is 11.1 Å². The summed E-state index contributed by atoms with van der Waals surface area (Å²) < 4.78 is 39.2. The van der Waals surface area contributed by atoms with E-state index in [1.54, 1.807) is 29.2 Å². The summed E-state index contributed by atoms with van der Waals surface area (Å²) in [6, 6.07) is 12.5. The highest BCUT2D eigenvalue weighted by Gasteiger charge is 2.41. The molecule has 0 aliphatic carbocycles. The number of benzene rings is 2. The van der Waals surface area contributed by atoms with Crippen LogP contribution in [0.3, 0.4) is 0 Å². The molecule has 1 aliphatic heterocycles. The molecule has 0 fully saturated rings. The van der Waals surface area contributed by atoms with Crippen LogP contribution in [-0.2, 0) is 26.7 Å². The van der Waals surface area contributed by atoms with Gasteiger partial charge < -0.3 is 20.5 Å². The molecule has 174 valence electrons. The monoisotopic (exact) mass is 471 g/mol. The van der Waals surface area contributed by atoms with Gasteiger partial charge in [-0.05, 0) is 62.4 Å². The second kappa shape index (κ2) is 8.27. The highest BCUT2D eigenvalue weighted by molar-refractivity contribution is 7.90. The number of nitrogens with one attached hydrogen (secondary N) is 1. The van der Waals surface area contributed by atoms with E-state index in [0.717, 1.165) is 6.26 Å². The van der Waals surface area contributed by atoms with Gasteiger partial charge in [0.2, 0.25) is 5.91 Å². The molecular weight excluding hydrogens is 445 g/mol. The summed E-state index contributed by atoms with van der Waals surface area (Å²) >= 11 is 0. The zero-order valence-electron chi connectivity index (χ0n) is 18.7. The van der Waals surface area contributed by atoms with Gasteiger partial charge in [0.15, 0.2) is 9.84 Å². The van der Waals surface area contributed by atoms with Crippen molar-refractivity contribution in [3.8, 4) is 11.3 Å². The fourth-order valence-corrected chi connectivity index (χ4v) is 4.77. The molecule has 1 aromatic heterocycles. The van der Waals surface area contributed by atoms with Gasteiger partial charge in [-0.25, -0.2) is 17.8 Å². The standard InChI is InChI=1S/C23H26FN5O3S/c1-23(2)22-27-20(15-4-6-16(24)7-5-15)21(28(22)12-13-29(23)19(30)14-25)26-17-8-10-18(11-9-17)33(3,31)32/h4-11,26H,12-14,25H2,1-3H3. The van der Waals surface area contributed by atoms with Crippen molar-refractivity contribution in [3.05, 3.63) is 60.2 Å². The molecule has 4 rings (SSSR count). The highest BCUT2D eigenvalue weighted by atomic mass is 32.2. The highest BCUT2D eigenvalue weighted by Crippen LogP contribution is 2.39. The molecule has 2 aromatic carbocycles. The third-order valence-corrected chi connectivity index (χ3v) is 7.00. The number of hydrogen-bond donors (Lipinski definition) is 2. The smallest absolute Gasteiger partial charge is 0.237 e. The minimum atomic E-state index is -3.31. The number of imidazole rings is 1. The molecule has 0 saturated carbocycles. The van der Waals surface area contributed by atoms with Crippen LogP contribution in [0, 0.1) is 5.82 Å². The first kappa shape index (κ1) is 22.9. The lowest BCUT2D eigenvalue weighted by Gasteiger charge is -2.42. The van der Waals surface area contributed by atoms with Crippen LogP contribution in [0.25, 0.3) is 11.3 Å². The van der Waals surface area contributed by atoms with Crippen LogP contribution in [0.1, 0.15) is 19.7 Å². The number of carbonyl (C=O) groups is 1. The van der Waals surface area contributed by atoms with Crippen molar-refractivity contribution in [2.24, 2.45) is 5.73 Å². The Hall–Kier alpha value is -3.24. The zero-order chi connectivity index (χ0) is 24.0. The number of amides is 1. The topological polar surface area (TPSA) is 110 Å². The number of nitrogens with two attached hydrogens (primary N) is 1. The lowest BCUT2D eigenvalue weighted by molar-refractivity contribution is -0.137. The van der Waals surface area contributed by atoms with Gasteiger partial charge >= 0.3 is 0 Å². The summed E-state index contributed by atoms with van der Waals surface area (Å²) in [6.07, 6.45) is 1.16. The average Bonchev–Trinajstić information content (AvgIpc) is 3.13. The fourth-order valence-electron chi connectivity index (χ4n) is 4.14. The summed E-state index contributed by atoms with van der Waals surface area (Å²) in [5.74, 6) is 0.832. The SMILES string of the molecule is CC1(C)c2nc(-c3ccc(F)cc3)c(Nc3ccc(S(C)(=O)=O)cc3)n2CCN1C(=O)CN. The molecule has 3 N–H and O–H groups in total. The van der Waals surface area contributed by atoms with Crippen LogP contribution in [0.4, 0.5) is 15.9 Å². The Morgan fingerprint density at radius 1 is 1.12 bits per heavy atom. The van der Waals surface area contributed by atoms with Crippen molar-refractivity contribution in [2.45, 2.75) is 30.8 Å². The number of hydrogen-bond acceptors (Lipinski definition) is 6. The Morgan fingerprint density at radius 3 is 2.33 bits per heavy atom. The van der Waals surface area contributed by atoms with E-state index in [1.807, 2.05) is 18.4 Å². The molecule has 0 unspecified atom stereocenters. The van der Waals surface area contributed by atoms with Gasteiger partial charge in [0.05, 0.1) is 17.0 Å². The van der Waals surface area contributed by atoms with Crippen LogP contribution in [0.15, 0.2) is 53.4 Å². The van der Waals surface area contributed by atoms with Crippen LogP contribution in [-0.4, -0.2) is 48.1 Å². The van der Waals surface area contributed by atoms with E-state index in [4.69, 9.17) is 10.7 Å². The molecule has 1 aliphatic rings. The molecule has 0 bridgehead atoms. The first-order valence-electron chi connectivity index (χ1n) is 10.5. The number of nitrogens with zero attached hydrogens (tertiary/aromatic N) is 3. The lowest BCUT2D eigenvalue weighted by Crippen LogP contribution is -2.53. The number of carbonyl (C=O) groups excluding carboxylic acids is 1. The number of aromatic nitrogens is 2. The van der Waals surface area contributed by atoms with Crippen molar-refractivity contribution in [1.82, 2.24) is 14.5 Å². The predicted molar refractivity (Wildman–Crippen MR) is 124 cm³/mol. The van der Waals surface area contributed by atoms with Gasteiger partial charge in [-0.2, -0.15) is 0 Å². The van der Waals surface area contributed by atoms with E-state index in [9.17, 15) is 17.6 Å². The van der Waals surface area contributed by atoms with Gasteiger partial charge in [0, 0.05) is 30.6 Å². The van der Waals surface area contributed by atoms with Crippen molar-refractivity contribution in [1.29, 1.82) is 0 Å². The molecule has 0 radical (unpaired) electrons. The molecular formula is C23H26FN5O3S. The van der Waals surface area contributed by atoms with E-state index >= 15 is 0 Å². The van der Waals surface area contributed by atoms with Crippen molar-refractivity contribution < 1.29 is 17.6 Å². The number of rotatable bonds is 5. The Bertz CT molecular complexity index is 1300. The minimum Gasteiger partial charge on any atom is -0.340 e. The third-order valence-electron chi connectivity index (χ3n) is 5.88. The quantitative estimate of drug-likeness (QED) is 0.592.